The Balaban J connectivity index is 1.62. The molecule has 4 saturated carbocycles. The molecule has 0 aromatic rings. The molecule has 0 heterocycles. The summed E-state index contributed by atoms with van der Waals surface area (Å²) in [5.74, 6) is 1.12. The van der Waals surface area contributed by atoms with Crippen molar-refractivity contribution in [3.8, 4) is 0 Å². The van der Waals surface area contributed by atoms with Crippen LogP contribution in [0.3, 0.4) is 0 Å². The molecule has 0 amide bonds. The zero-order valence-electron chi connectivity index (χ0n) is 22.5. The summed E-state index contributed by atoms with van der Waals surface area (Å²) in [4.78, 5) is 37.6. The fourth-order valence-electron chi connectivity index (χ4n) is 9.55. The van der Waals surface area contributed by atoms with Gasteiger partial charge < -0.3 is 14.6 Å². The van der Waals surface area contributed by atoms with Gasteiger partial charge in [0.15, 0.2) is 0 Å². The van der Waals surface area contributed by atoms with E-state index in [4.69, 9.17) is 9.47 Å². The van der Waals surface area contributed by atoms with E-state index in [2.05, 4.69) is 27.7 Å². The van der Waals surface area contributed by atoms with Gasteiger partial charge in [-0.2, -0.15) is 0 Å². The highest BCUT2D eigenvalue weighted by Gasteiger charge is 2.67. The molecule has 0 saturated heterocycles. The van der Waals surface area contributed by atoms with Crippen molar-refractivity contribution in [3.05, 3.63) is 0 Å². The van der Waals surface area contributed by atoms with Crippen LogP contribution in [0.5, 0.6) is 0 Å². The molecule has 11 atom stereocenters. The largest absolute Gasteiger partial charge is 0.469 e. The molecule has 6 heteroatoms. The number of ketones is 1. The fraction of sp³-hybridized carbons (Fsp3) is 0.897. The highest BCUT2D eigenvalue weighted by Crippen LogP contribution is 2.68. The van der Waals surface area contributed by atoms with E-state index in [-0.39, 0.29) is 58.5 Å². The first-order chi connectivity index (χ1) is 16.5. The van der Waals surface area contributed by atoms with Crippen LogP contribution in [-0.2, 0) is 23.9 Å². The predicted molar refractivity (Wildman–Crippen MR) is 132 cm³/mol. The summed E-state index contributed by atoms with van der Waals surface area (Å²) in [6, 6.07) is 0. The second-order valence-electron chi connectivity index (χ2n) is 12.7. The van der Waals surface area contributed by atoms with Gasteiger partial charge in [-0.1, -0.05) is 27.7 Å². The van der Waals surface area contributed by atoms with Gasteiger partial charge in [-0.15, -0.1) is 0 Å². The summed E-state index contributed by atoms with van der Waals surface area (Å²) >= 11 is 0. The molecule has 4 aliphatic rings. The van der Waals surface area contributed by atoms with Gasteiger partial charge in [0.2, 0.25) is 0 Å². The first kappa shape index (κ1) is 26.6. The number of methoxy groups -OCH3 is 1. The monoisotopic (exact) mass is 490 g/mol. The van der Waals surface area contributed by atoms with Crippen molar-refractivity contribution in [2.24, 2.45) is 52.3 Å². The molecule has 4 aliphatic carbocycles. The van der Waals surface area contributed by atoms with Crippen molar-refractivity contribution in [1.29, 1.82) is 0 Å². The molecule has 0 spiro atoms. The zero-order valence-corrected chi connectivity index (χ0v) is 22.5. The van der Waals surface area contributed by atoms with Crippen molar-refractivity contribution < 1.29 is 29.0 Å². The van der Waals surface area contributed by atoms with E-state index < -0.39 is 6.10 Å². The standard InChI is InChI=1S/C29H46O6/c1-7-19-22-14-18(35-17(3)30)12-13-28(22,4)23-15-24(31)29(5)20(16(2)8-11-25(32)34-6)9-10-21(29)26(23)27(19)33/h16,18-24,26,31H,7-15H2,1-6H3/t16-,18-,19-,20?,21?,22+,23?,24+,26?,28+,29-/m1/s1. The average molecular weight is 491 g/mol. The Morgan fingerprint density at radius 1 is 1.11 bits per heavy atom. The van der Waals surface area contributed by atoms with Crippen LogP contribution in [0.4, 0.5) is 0 Å². The Hall–Kier alpha value is -1.43. The lowest BCUT2D eigenvalue weighted by molar-refractivity contribution is -0.195. The third kappa shape index (κ3) is 4.26. The SMILES string of the molecule is CC[C@H]1C(=O)C2C3CCC([C@H](C)CCC(=O)OC)[C@@]3(C)[C@@H](O)CC2[C@@]2(C)CC[C@@H](OC(C)=O)C[C@@H]12. The van der Waals surface area contributed by atoms with Gasteiger partial charge in [-0.05, 0) is 86.4 Å². The second kappa shape index (κ2) is 9.79. The van der Waals surface area contributed by atoms with Crippen LogP contribution in [0.25, 0.3) is 0 Å². The van der Waals surface area contributed by atoms with Crippen LogP contribution < -0.4 is 0 Å². The predicted octanol–water partition coefficient (Wildman–Crippen LogP) is 4.95. The van der Waals surface area contributed by atoms with Crippen molar-refractivity contribution in [1.82, 2.24) is 0 Å². The van der Waals surface area contributed by atoms with Gasteiger partial charge in [0.05, 0.1) is 13.2 Å². The van der Waals surface area contributed by atoms with Crippen LogP contribution in [0, 0.1) is 52.3 Å². The summed E-state index contributed by atoms with van der Waals surface area (Å²) < 4.78 is 10.5. The number of fused-ring (bicyclic) bond motifs is 5. The molecule has 0 aliphatic heterocycles. The van der Waals surface area contributed by atoms with E-state index >= 15 is 0 Å². The number of ether oxygens (including phenoxy) is 2. The van der Waals surface area contributed by atoms with Gasteiger partial charge in [0, 0.05) is 30.6 Å². The third-order valence-electron chi connectivity index (χ3n) is 11.3. The third-order valence-corrected chi connectivity index (χ3v) is 11.3. The summed E-state index contributed by atoms with van der Waals surface area (Å²) in [6.45, 7) is 10.4. The molecule has 6 nitrogen and oxygen atoms in total. The zero-order chi connectivity index (χ0) is 25.7. The molecule has 4 fully saturated rings. The van der Waals surface area contributed by atoms with E-state index in [9.17, 15) is 19.5 Å². The minimum atomic E-state index is -0.448. The number of aliphatic hydroxyl groups excluding tert-OH is 1. The quantitative estimate of drug-likeness (QED) is 0.530. The Morgan fingerprint density at radius 2 is 1.83 bits per heavy atom. The number of hydrogen-bond acceptors (Lipinski definition) is 6. The van der Waals surface area contributed by atoms with Gasteiger partial charge >= 0.3 is 11.9 Å². The molecule has 1 N–H and O–H groups in total. The topological polar surface area (TPSA) is 89.9 Å². The lowest BCUT2D eigenvalue weighted by atomic mass is 9.41. The van der Waals surface area contributed by atoms with Crippen molar-refractivity contribution in [3.63, 3.8) is 0 Å². The maximum absolute atomic E-state index is 14.2. The lowest BCUT2D eigenvalue weighted by Gasteiger charge is -2.63. The number of carbonyl (C=O) groups excluding carboxylic acids is 3. The number of esters is 2. The maximum atomic E-state index is 14.2. The maximum Gasteiger partial charge on any atom is 0.305 e. The minimum Gasteiger partial charge on any atom is -0.469 e. The fourth-order valence-corrected chi connectivity index (χ4v) is 9.55. The van der Waals surface area contributed by atoms with E-state index in [1.54, 1.807) is 0 Å². The molecule has 198 valence electrons. The molecule has 0 aromatic carbocycles. The average Bonchev–Trinajstić information content (AvgIpc) is 3.17. The summed E-state index contributed by atoms with van der Waals surface area (Å²) in [5, 5.41) is 11.7. The highest BCUT2D eigenvalue weighted by atomic mass is 16.5. The molecular weight excluding hydrogens is 444 g/mol. The molecule has 0 radical (unpaired) electrons. The summed E-state index contributed by atoms with van der Waals surface area (Å²) in [7, 11) is 1.43. The smallest absolute Gasteiger partial charge is 0.305 e. The Morgan fingerprint density at radius 3 is 2.46 bits per heavy atom. The lowest BCUT2D eigenvalue weighted by Crippen LogP contribution is -2.64. The number of carbonyl (C=O) groups is 3. The first-order valence-corrected chi connectivity index (χ1v) is 13.9. The van der Waals surface area contributed by atoms with Crippen molar-refractivity contribution >= 4 is 17.7 Å². The van der Waals surface area contributed by atoms with Gasteiger partial charge in [0.1, 0.15) is 11.9 Å². The van der Waals surface area contributed by atoms with Gasteiger partial charge in [-0.3, -0.25) is 14.4 Å². The minimum absolute atomic E-state index is 0.00215. The van der Waals surface area contributed by atoms with Crippen LogP contribution in [0.15, 0.2) is 0 Å². The van der Waals surface area contributed by atoms with Crippen LogP contribution in [0.1, 0.15) is 92.4 Å². The first-order valence-electron chi connectivity index (χ1n) is 13.9. The van der Waals surface area contributed by atoms with Crippen LogP contribution in [0.2, 0.25) is 0 Å². The van der Waals surface area contributed by atoms with Gasteiger partial charge in [-0.25, -0.2) is 0 Å². The number of aliphatic hydroxyl groups is 1. The molecule has 35 heavy (non-hydrogen) atoms. The number of rotatable bonds is 6. The van der Waals surface area contributed by atoms with E-state index in [1.807, 2.05) is 0 Å². The van der Waals surface area contributed by atoms with E-state index in [0.717, 1.165) is 44.9 Å². The van der Waals surface area contributed by atoms with Crippen LogP contribution >= 0.6 is 0 Å². The van der Waals surface area contributed by atoms with Crippen molar-refractivity contribution in [2.45, 2.75) is 105 Å². The van der Waals surface area contributed by atoms with Crippen molar-refractivity contribution in [2.75, 3.05) is 7.11 Å². The Kier molecular flexibility index (Phi) is 7.45. The van der Waals surface area contributed by atoms with E-state index in [0.29, 0.717) is 30.5 Å². The highest BCUT2D eigenvalue weighted by molar-refractivity contribution is 5.86. The molecule has 4 rings (SSSR count). The van der Waals surface area contributed by atoms with Crippen LogP contribution in [-0.4, -0.2) is 42.1 Å². The molecule has 0 bridgehead atoms. The molecule has 4 unspecified atom stereocenters. The summed E-state index contributed by atoms with van der Waals surface area (Å²) in [5.41, 5.74) is -0.324. The van der Waals surface area contributed by atoms with Gasteiger partial charge in [0.25, 0.3) is 0 Å². The number of hydrogen-bond donors (Lipinski definition) is 1. The molecular formula is C29H46O6. The Bertz CT molecular complexity index is 839. The summed E-state index contributed by atoms with van der Waals surface area (Å²) in [6.07, 6.45) is 6.61. The van der Waals surface area contributed by atoms with E-state index in [1.165, 1.54) is 14.0 Å². The normalized spacial score (nSPS) is 45.6. The Labute approximate surface area is 210 Å². The molecule has 0 aromatic heterocycles. The number of Topliss-reactive ketones (excluding diaryl/α,β-unsaturated/α-hetero) is 1. The second-order valence-corrected chi connectivity index (χ2v) is 12.7.